The molecule has 2 aromatic carbocycles. The average molecular weight is 348 g/mol. The third-order valence-electron chi connectivity index (χ3n) is 3.75. The number of anilines is 1. The number of benzene rings is 2. The number of fused-ring (bicyclic) bond motifs is 2. The average Bonchev–Trinajstić information content (AvgIpc) is 3.00. The van der Waals surface area contributed by atoms with E-state index in [0.29, 0.717) is 28.1 Å². The molecule has 1 aliphatic rings. The van der Waals surface area contributed by atoms with Crippen LogP contribution in [0.1, 0.15) is 11.6 Å². The first-order valence-electron chi connectivity index (χ1n) is 6.49. The zero-order valence-corrected chi connectivity index (χ0v) is 12.5. The monoisotopic (exact) mass is 347 g/mol. The van der Waals surface area contributed by atoms with Crippen molar-refractivity contribution in [1.29, 1.82) is 0 Å². The van der Waals surface area contributed by atoms with Crippen LogP contribution in [0.3, 0.4) is 0 Å². The van der Waals surface area contributed by atoms with Crippen molar-refractivity contribution in [3.63, 3.8) is 0 Å². The second kappa shape index (κ2) is 4.46. The molecule has 2 heterocycles. The topological polar surface area (TPSA) is 53.1 Å². The fourth-order valence-electron chi connectivity index (χ4n) is 2.80. The molecule has 0 saturated heterocycles. The zero-order valence-electron chi connectivity index (χ0n) is 10.9. The highest BCUT2D eigenvalue weighted by atomic mass is 79.9. The summed E-state index contributed by atoms with van der Waals surface area (Å²) in [5.74, 6) is 0.852. The van der Waals surface area contributed by atoms with Crippen LogP contribution in [0.2, 0.25) is 0 Å². The standard InChI is InChI=1S/C15H11BrFN3O/c16-9-5-11-12(6-10(9)17)20(15(18)19-11)13-7-21-14-4-2-1-3-8(13)14/h1-6,13H,7H2,(H2,18,19). The molecule has 3 aromatic rings. The number of rotatable bonds is 1. The summed E-state index contributed by atoms with van der Waals surface area (Å²) in [7, 11) is 0. The van der Waals surface area contributed by atoms with Gasteiger partial charge in [0.2, 0.25) is 5.95 Å². The number of imidazole rings is 1. The first-order valence-corrected chi connectivity index (χ1v) is 7.28. The molecule has 0 radical (unpaired) electrons. The molecule has 21 heavy (non-hydrogen) atoms. The Morgan fingerprint density at radius 2 is 2.14 bits per heavy atom. The number of hydrogen-bond donors (Lipinski definition) is 1. The quantitative estimate of drug-likeness (QED) is 0.732. The lowest BCUT2D eigenvalue weighted by molar-refractivity contribution is 0.320. The van der Waals surface area contributed by atoms with Gasteiger partial charge in [0.05, 0.1) is 21.5 Å². The molecule has 0 spiro atoms. The second-order valence-electron chi connectivity index (χ2n) is 4.96. The lowest BCUT2D eigenvalue weighted by atomic mass is 10.1. The van der Waals surface area contributed by atoms with Crippen molar-refractivity contribution in [2.45, 2.75) is 6.04 Å². The maximum Gasteiger partial charge on any atom is 0.201 e. The van der Waals surface area contributed by atoms with E-state index in [0.717, 1.165) is 11.3 Å². The summed E-state index contributed by atoms with van der Waals surface area (Å²) in [6.45, 7) is 0.465. The van der Waals surface area contributed by atoms with Gasteiger partial charge in [-0.25, -0.2) is 9.37 Å². The molecule has 0 saturated carbocycles. The van der Waals surface area contributed by atoms with Gasteiger partial charge in [0.1, 0.15) is 18.2 Å². The van der Waals surface area contributed by atoms with Crippen molar-refractivity contribution in [1.82, 2.24) is 9.55 Å². The first-order chi connectivity index (χ1) is 10.1. The number of ether oxygens (including phenoxy) is 1. The van der Waals surface area contributed by atoms with Crippen molar-refractivity contribution >= 4 is 32.9 Å². The Kier molecular flexibility index (Phi) is 2.68. The minimum atomic E-state index is -0.337. The molecule has 6 heteroatoms. The Balaban J connectivity index is 1.96. The highest BCUT2D eigenvalue weighted by molar-refractivity contribution is 9.10. The maximum absolute atomic E-state index is 13.9. The van der Waals surface area contributed by atoms with Gasteiger partial charge in [0.15, 0.2) is 0 Å². The van der Waals surface area contributed by atoms with E-state index < -0.39 is 0 Å². The summed E-state index contributed by atoms with van der Waals surface area (Å²) >= 11 is 3.17. The van der Waals surface area contributed by atoms with E-state index in [2.05, 4.69) is 20.9 Å². The van der Waals surface area contributed by atoms with Crippen molar-refractivity contribution in [2.75, 3.05) is 12.3 Å². The number of hydrogen-bond acceptors (Lipinski definition) is 3. The Morgan fingerprint density at radius 1 is 1.33 bits per heavy atom. The minimum Gasteiger partial charge on any atom is -0.491 e. The molecule has 1 aromatic heterocycles. The molecule has 2 N–H and O–H groups in total. The zero-order chi connectivity index (χ0) is 14.6. The molecule has 4 rings (SSSR count). The Hall–Kier alpha value is -2.08. The summed E-state index contributed by atoms with van der Waals surface area (Å²) in [5.41, 5.74) is 8.41. The van der Waals surface area contributed by atoms with Crippen LogP contribution in [-0.2, 0) is 0 Å². The first kappa shape index (κ1) is 12.6. The molecular formula is C15H11BrFN3O. The fourth-order valence-corrected chi connectivity index (χ4v) is 3.13. The predicted molar refractivity (Wildman–Crippen MR) is 81.9 cm³/mol. The van der Waals surface area contributed by atoms with Crippen molar-refractivity contribution in [3.05, 3.63) is 52.3 Å². The fraction of sp³-hybridized carbons (Fsp3) is 0.133. The highest BCUT2D eigenvalue weighted by Crippen LogP contribution is 2.38. The number of nitrogens with two attached hydrogens (primary N) is 1. The van der Waals surface area contributed by atoms with E-state index in [-0.39, 0.29) is 11.9 Å². The summed E-state index contributed by atoms with van der Waals surface area (Å²) in [6, 6.07) is 10.8. The van der Waals surface area contributed by atoms with Gasteiger partial charge in [0.25, 0.3) is 0 Å². The molecule has 0 aliphatic carbocycles. The minimum absolute atomic E-state index is 0.0909. The second-order valence-corrected chi connectivity index (χ2v) is 5.81. The third-order valence-corrected chi connectivity index (χ3v) is 4.35. The molecule has 0 fully saturated rings. The van der Waals surface area contributed by atoms with Crippen molar-refractivity contribution < 1.29 is 9.13 Å². The van der Waals surface area contributed by atoms with Crippen LogP contribution < -0.4 is 10.5 Å². The van der Waals surface area contributed by atoms with Crippen molar-refractivity contribution in [2.24, 2.45) is 0 Å². The van der Waals surface area contributed by atoms with Gasteiger partial charge < -0.3 is 10.5 Å². The molecule has 106 valence electrons. The maximum atomic E-state index is 13.9. The number of nitrogen functional groups attached to an aromatic ring is 1. The Labute approximate surface area is 128 Å². The lowest BCUT2D eigenvalue weighted by Gasteiger charge is -2.14. The van der Waals surface area contributed by atoms with E-state index in [1.165, 1.54) is 6.07 Å². The van der Waals surface area contributed by atoms with Crippen molar-refractivity contribution in [3.8, 4) is 5.75 Å². The van der Waals surface area contributed by atoms with Gasteiger partial charge in [-0.05, 0) is 28.1 Å². The summed E-state index contributed by atoms with van der Waals surface area (Å²) in [4.78, 5) is 4.32. The van der Waals surface area contributed by atoms with Gasteiger partial charge in [0, 0.05) is 11.6 Å². The van der Waals surface area contributed by atoms with Crippen LogP contribution in [-0.4, -0.2) is 16.2 Å². The van der Waals surface area contributed by atoms with E-state index in [1.54, 1.807) is 6.07 Å². The normalized spacial score (nSPS) is 17.0. The smallest absolute Gasteiger partial charge is 0.201 e. The van der Waals surface area contributed by atoms with Gasteiger partial charge in [-0.15, -0.1) is 0 Å². The molecule has 1 unspecified atom stereocenters. The molecular weight excluding hydrogens is 337 g/mol. The third kappa shape index (κ3) is 1.82. The van der Waals surface area contributed by atoms with Crippen LogP contribution in [0.25, 0.3) is 11.0 Å². The lowest BCUT2D eigenvalue weighted by Crippen LogP contribution is -2.14. The van der Waals surface area contributed by atoms with Crippen LogP contribution in [0, 0.1) is 5.82 Å². The van der Waals surface area contributed by atoms with Gasteiger partial charge in [-0.3, -0.25) is 4.57 Å². The SMILES string of the molecule is Nc1nc2cc(Br)c(F)cc2n1C1COc2ccccc21. The van der Waals surface area contributed by atoms with Gasteiger partial charge in [-0.1, -0.05) is 18.2 Å². The molecule has 0 bridgehead atoms. The summed E-state index contributed by atoms with van der Waals surface area (Å²) in [6.07, 6.45) is 0. The van der Waals surface area contributed by atoms with E-state index in [9.17, 15) is 4.39 Å². The van der Waals surface area contributed by atoms with Crippen LogP contribution >= 0.6 is 15.9 Å². The van der Waals surface area contributed by atoms with Gasteiger partial charge >= 0.3 is 0 Å². The number of nitrogens with zero attached hydrogens (tertiary/aromatic N) is 2. The Bertz CT molecular complexity index is 861. The Morgan fingerprint density at radius 3 is 3.00 bits per heavy atom. The predicted octanol–water partition coefficient (Wildman–Crippen LogP) is 3.50. The highest BCUT2D eigenvalue weighted by Gasteiger charge is 2.28. The molecule has 0 amide bonds. The molecule has 1 aliphatic heterocycles. The molecule has 1 atom stereocenters. The van der Waals surface area contributed by atoms with Crippen LogP contribution in [0.4, 0.5) is 10.3 Å². The van der Waals surface area contributed by atoms with Crippen LogP contribution in [0.5, 0.6) is 5.75 Å². The number of halogens is 2. The summed E-state index contributed by atoms with van der Waals surface area (Å²) < 4.78 is 21.8. The van der Waals surface area contributed by atoms with E-state index >= 15 is 0 Å². The number of para-hydroxylation sites is 1. The largest absolute Gasteiger partial charge is 0.491 e. The van der Waals surface area contributed by atoms with E-state index in [1.807, 2.05) is 28.8 Å². The molecule has 4 nitrogen and oxygen atoms in total. The van der Waals surface area contributed by atoms with E-state index in [4.69, 9.17) is 10.5 Å². The number of aromatic nitrogens is 2. The summed E-state index contributed by atoms with van der Waals surface area (Å²) in [5, 5.41) is 0. The van der Waals surface area contributed by atoms with Gasteiger partial charge in [-0.2, -0.15) is 0 Å². The van der Waals surface area contributed by atoms with Crippen LogP contribution in [0.15, 0.2) is 40.9 Å².